The Morgan fingerprint density at radius 1 is 1.40 bits per heavy atom. The molecule has 0 bridgehead atoms. The Balaban J connectivity index is 0.00000312. The van der Waals surface area contributed by atoms with Crippen molar-refractivity contribution in [2.45, 2.75) is 70.1 Å². The minimum absolute atomic E-state index is 0. The van der Waals surface area contributed by atoms with Gasteiger partial charge in [0.25, 0.3) is 0 Å². The Hall–Kier alpha value is -0.790. The van der Waals surface area contributed by atoms with Crippen LogP contribution in [0.1, 0.15) is 51.8 Å². The van der Waals surface area contributed by atoms with Crippen LogP contribution < -0.4 is 11.1 Å². The van der Waals surface area contributed by atoms with Gasteiger partial charge < -0.3 is 15.6 Å². The monoisotopic (exact) mass is 389 g/mol. The molecule has 2 unspecified atom stereocenters. The first-order chi connectivity index (χ1) is 11.5. The molecule has 1 aromatic rings. The molecule has 1 aromatic heterocycles. The minimum atomic E-state index is 0. The van der Waals surface area contributed by atoms with E-state index in [1.165, 1.54) is 0 Å². The Morgan fingerprint density at radius 2 is 2.16 bits per heavy atom. The highest BCUT2D eigenvalue weighted by atomic mass is 35.5. The molecule has 0 aliphatic heterocycles. The van der Waals surface area contributed by atoms with Gasteiger partial charge in [0.1, 0.15) is 5.82 Å². The molecule has 8 heteroatoms. The lowest BCUT2D eigenvalue weighted by atomic mass is 9.85. The summed E-state index contributed by atoms with van der Waals surface area (Å²) >= 11 is 1.63. The number of nitrogens with one attached hydrogen (secondary N) is 1. The third-order valence-corrected chi connectivity index (χ3v) is 5.15. The van der Waals surface area contributed by atoms with Crippen LogP contribution in [0.4, 0.5) is 0 Å². The summed E-state index contributed by atoms with van der Waals surface area (Å²) in [5.41, 5.74) is 5.97. The molecule has 1 fully saturated rings. The van der Waals surface area contributed by atoms with E-state index in [4.69, 9.17) is 5.73 Å². The topological polar surface area (TPSA) is 85.8 Å². The highest BCUT2D eigenvalue weighted by Gasteiger charge is 2.24. The zero-order chi connectivity index (χ0) is 17.5. The van der Waals surface area contributed by atoms with Crippen molar-refractivity contribution in [3.63, 3.8) is 0 Å². The first kappa shape index (κ1) is 22.3. The third kappa shape index (κ3) is 6.79. The van der Waals surface area contributed by atoms with Gasteiger partial charge in [-0.2, -0.15) is 0 Å². The maximum Gasteiger partial charge on any atom is 0.223 e. The first-order valence-electron chi connectivity index (χ1n) is 9.00. The maximum atomic E-state index is 12.2. The molecule has 25 heavy (non-hydrogen) atoms. The van der Waals surface area contributed by atoms with E-state index in [-0.39, 0.29) is 30.3 Å². The predicted octanol–water partition coefficient (Wildman–Crippen LogP) is 2.64. The van der Waals surface area contributed by atoms with E-state index in [2.05, 4.69) is 33.9 Å². The van der Waals surface area contributed by atoms with Gasteiger partial charge >= 0.3 is 0 Å². The van der Waals surface area contributed by atoms with E-state index in [0.717, 1.165) is 56.1 Å². The molecule has 1 aliphatic carbocycles. The van der Waals surface area contributed by atoms with Crippen molar-refractivity contribution in [3.8, 4) is 0 Å². The maximum absolute atomic E-state index is 12.2. The summed E-state index contributed by atoms with van der Waals surface area (Å²) in [6.45, 7) is 6.02. The zero-order valence-electron chi connectivity index (χ0n) is 15.5. The molecule has 3 N–H and O–H groups in total. The SMILES string of the molecule is CSc1nnc(CCCNC(=O)C2CCCC(N)C2)n1CC(C)C.Cl. The molecule has 0 aromatic carbocycles. The van der Waals surface area contributed by atoms with Gasteiger partial charge in [-0.05, 0) is 37.9 Å². The molecule has 2 rings (SSSR count). The van der Waals surface area contributed by atoms with Crippen molar-refractivity contribution in [1.29, 1.82) is 0 Å². The molecule has 0 saturated heterocycles. The fourth-order valence-corrected chi connectivity index (χ4v) is 3.79. The average molecular weight is 390 g/mol. The number of aryl methyl sites for hydroxylation is 1. The smallest absolute Gasteiger partial charge is 0.223 e. The second-order valence-electron chi connectivity index (χ2n) is 7.13. The molecule has 144 valence electrons. The lowest BCUT2D eigenvalue weighted by Crippen LogP contribution is -2.38. The highest BCUT2D eigenvalue weighted by molar-refractivity contribution is 7.98. The lowest BCUT2D eigenvalue weighted by Gasteiger charge is -2.25. The number of rotatable bonds is 8. The van der Waals surface area contributed by atoms with Gasteiger partial charge in [-0.15, -0.1) is 22.6 Å². The van der Waals surface area contributed by atoms with E-state index in [9.17, 15) is 4.79 Å². The van der Waals surface area contributed by atoms with Crippen molar-refractivity contribution in [1.82, 2.24) is 20.1 Å². The van der Waals surface area contributed by atoms with Crippen LogP contribution in [-0.4, -0.2) is 39.5 Å². The van der Waals surface area contributed by atoms with Crippen LogP contribution in [0.5, 0.6) is 0 Å². The summed E-state index contributed by atoms with van der Waals surface area (Å²) < 4.78 is 2.21. The quantitative estimate of drug-likeness (QED) is 0.527. The van der Waals surface area contributed by atoms with Crippen molar-refractivity contribution < 1.29 is 4.79 Å². The fourth-order valence-electron chi connectivity index (χ4n) is 3.27. The molecule has 1 saturated carbocycles. The van der Waals surface area contributed by atoms with Crippen LogP contribution in [-0.2, 0) is 17.8 Å². The van der Waals surface area contributed by atoms with Gasteiger partial charge in [0.05, 0.1) is 0 Å². The number of nitrogens with two attached hydrogens (primary N) is 1. The number of halogens is 1. The summed E-state index contributed by atoms with van der Waals surface area (Å²) in [5.74, 6) is 1.84. The van der Waals surface area contributed by atoms with Crippen molar-refractivity contribution in [3.05, 3.63) is 5.82 Å². The second-order valence-corrected chi connectivity index (χ2v) is 7.90. The summed E-state index contributed by atoms with van der Waals surface area (Å²) in [6.07, 6.45) is 7.66. The van der Waals surface area contributed by atoms with Crippen molar-refractivity contribution in [2.24, 2.45) is 17.6 Å². The number of carbonyl (C=O) groups excluding carboxylic acids is 1. The molecule has 0 radical (unpaired) electrons. The van der Waals surface area contributed by atoms with Crippen LogP contribution in [0.2, 0.25) is 0 Å². The number of nitrogens with zero attached hydrogens (tertiary/aromatic N) is 3. The summed E-state index contributed by atoms with van der Waals surface area (Å²) in [5, 5.41) is 12.6. The molecule has 0 spiro atoms. The second kappa shape index (κ2) is 11.0. The molecule has 6 nitrogen and oxygen atoms in total. The lowest BCUT2D eigenvalue weighted by molar-refractivity contribution is -0.126. The predicted molar refractivity (Wildman–Crippen MR) is 105 cm³/mol. The molecule has 1 aliphatic rings. The van der Waals surface area contributed by atoms with Gasteiger partial charge in [-0.25, -0.2) is 0 Å². The van der Waals surface area contributed by atoms with E-state index in [0.29, 0.717) is 12.5 Å². The summed E-state index contributed by atoms with van der Waals surface area (Å²) in [6, 6.07) is 0.189. The van der Waals surface area contributed by atoms with Gasteiger partial charge in [0.2, 0.25) is 5.91 Å². The molecule has 1 amide bonds. The number of aromatic nitrogens is 3. The molecular formula is C17H32ClN5OS. The van der Waals surface area contributed by atoms with Gasteiger partial charge in [0, 0.05) is 31.5 Å². The molecular weight excluding hydrogens is 358 g/mol. The van der Waals surface area contributed by atoms with E-state index < -0.39 is 0 Å². The summed E-state index contributed by atoms with van der Waals surface area (Å²) in [4.78, 5) is 12.2. The Labute approximate surface area is 161 Å². The number of hydrogen-bond acceptors (Lipinski definition) is 5. The van der Waals surface area contributed by atoms with Gasteiger partial charge in [-0.3, -0.25) is 4.79 Å². The van der Waals surface area contributed by atoms with E-state index in [1.54, 1.807) is 11.8 Å². The number of hydrogen-bond donors (Lipinski definition) is 2. The third-order valence-electron chi connectivity index (χ3n) is 4.49. The standard InChI is InChI=1S/C17H31N5OS.ClH/c1-12(2)11-22-15(20-21-17(22)24-3)8-5-9-19-16(23)13-6-4-7-14(18)10-13;/h12-14H,4-11,18H2,1-3H3,(H,19,23);1H. The highest BCUT2D eigenvalue weighted by Crippen LogP contribution is 2.23. The number of carbonyl (C=O) groups is 1. The minimum Gasteiger partial charge on any atom is -0.356 e. The first-order valence-corrected chi connectivity index (χ1v) is 10.2. The number of thioether (sulfide) groups is 1. The fraction of sp³-hybridized carbons (Fsp3) is 0.824. The largest absolute Gasteiger partial charge is 0.356 e. The van der Waals surface area contributed by atoms with Crippen LogP contribution in [0, 0.1) is 11.8 Å². The average Bonchev–Trinajstić information content (AvgIpc) is 2.92. The molecule has 1 heterocycles. The van der Waals surface area contributed by atoms with Gasteiger partial charge in [-0.1, -0.05) is 32.0 Å². The van der Waals surface area contributed by atoms with E-state index >= 15 is 0 Å². The van der Waals surface area contributed by atoms with Crippen LogP contribution in [0.15, 0.2) is 5.16 Å². The molecule has 2 atom stereocenters. The van der Waals surface area contributed by atoms with Crippen LogP contribution >= 0.6 is 24.2 Å². The zero-order valence-corrected chi connectivity index (χ0v) is 17.2. The van der Waals surface area contributed by atoms with E-state index in [1.807, 2.05) is 6.26 Å². The van der Waals surface area contributed by atoms with Crippen molar-refractivity contribution >= 4 is 30.1 Å². The van der Waals surface area contributed by atoms with Crippen LogP contribution in [0.3, 0.4) is 0 Å². The Kier molecular flexibility index (Phi) is 9.82. The number of amides is 1. The normalized spacial score (nSPS) is 20.4. The van der Waals surface area contributed by atoms with Crippen molar-refractivity contribution in [2.75, 3.05) is 12.8 Å². The van der Waals surface area contributed by atoms with Crippen LogP contribution in [0.25, 0.3) is 0 Å². The summed E-state index contributed by atoms with van der Waals surface area (Å²) in [7, 11) is 0. The Morgan fingerprint density at radius 3 is 2.80 bits per heavy atom. The Bertz CT molecular complexity index is 537. The van der Waals surface area contributed by atoms with Gasteiger partial charge in [0.15, 0.2) is 5.16 Å².